The molecule has 4 rings (SSSR count). The van der Waals surface area contributed by atoms with Crippen LogP contribution in [0.1, 0.15) is 86.5 Å². The Hall–Kier alpha value is -1.22. The summed E-state index contributed by atoms with van der Waals surface area (Å²) in [6.45, 7) is 11.3. The van der Waals surface area contributed by atoms with Crippen molar-refractivity contribution >= 4 is 11.9 Å². The van der Waals surface area contributed by atoms with Crippen LogP contribution in [0.25, 0.3) is 0 Å². The summed E-state index contributed by atoms with van der Waals surface area (Å²) >= 11 is 0. The van der Waals surface area contributed by atoms with Crippen molar-refractivity contribution in [3.05, 3.63) is 0 Å². The van der Waals surface area contributed by atoms with Crippen molar-refractivity contribution in [1.29, 1.82) is 0 Å². The van der Waals surface area contributed by atoms with Crippen molar-refractivity contribution in [3.8, 4) is 0 Å². The van der Waals surface area contributed by atoms with Gasteiger partial charge in [0.25, 0.3) is 0 Å². The van der Waals surface area contributed by atoms with Crippen molar-refractivity contribution in [2.45, 2.75) is 98.1 Å². The Morgan fingerprint density at radius 3 is 1.12 bits per heavy atom. The van der Waals surface area contributed by atoms with Gasteiger partial charge in [-0.05, 0) is 53.4 Å². The first-order chi connectivity index (χ1) is 15.2. The molecular weight excluding hydrogens is 428 g/mol. The van der Waals surface area contributed by atoms with E-state index >= 15 is 0 Å². The van der Waals surface area contributed by atoms with E-state index in [1.807, 2.05) is 27.7 Å². The van der Waals surface area contributed by atoms with Gasteiger partial charge in [-0.25, -0.2) is 0 Å². The molecule has 2 aliphatic heterocycles. The molecule has 0 amide bonds. The molecule has 0 unspecified atom stereocenters. The van der Waals surface area contributed by atoms with Gasteiger partial charge < -0.3 is 28.4 Å². The standard InChI is InChI=1S/2C12H20O4.CH4/c2*1-3-14-10(13)11(2)4-6-12(7-5-11)15-8-9-16-12;/h2*3-9H2,1-2H3;1H4. The fourth-order valence-electron chi connectivity index (χ4n) is 4.96. The minimum Gasteiger partial charge on any atom is -0.466 e. The summed E-state index contributed by atoms with van der Waals surface area (Å²) in [4.78, 5) is 23.6. The van der Waals surface area contributed by atoms with Crippen LogP contribution < -0.4 is 0 Å². The molecule has 8 heteroatoms. The van der Waals surface area contributed by atoms with Crippen molar-refractivity contribution in [1.82, 2.24) is 0 Å². The molecular formula is C25H44O8. The van der Waals surface area contributed by atoms with Crippen LogP contribution in [-0.2, 0) is 38.0 Å². The van der Waals surface area contributed by atoms with Crippen molar-refractivity contribution in [3.63, 3.8) is 0 Å². The molecule has 2 heterocycles. The third-order valence-electron chi connectivity index (χ3n) is 7.39. The van der Waals surface area contributed by atoms with Crippen molar-refractivity contribution in [2.24, 2.45) is 10.8 Å². The highest BCUT2D eigenvalue weighted by atomic mass is 16.7. The Morgan fingerprint density at radius 1 is 0.606 bits per heavy atom. The molecule has 4 fully saturated rings. The number of hydrogen-bond donors (Lipinski definition) is 0. The van der Waals surface area contributed by atoms with Gasteiger partial charge >= 0.3 is 11.9 Å². The second kappa shape index (κ2) is 11.5. The number of esters is 2. The molecule has 0 atom stereocenters. The molecule has 2 spiro atoms. The summed E-state index contributed by atoms with van der Waals surface area (Å²) in [5.41, 5.74) is -0.701. The van der Waals surface area contributed by atoms with E-state index in [9.17, 15) is 9.59 Å². The SMILES string of the molecule is C.CCOC(=O)C1(C)CCC2(CC1)OCCO2.CCOC(=O)C1(C)CCC2(CC1)OCCO2. The van der Waals surface area contributed by atoms with E-state index in [2.05, 4.69) is 0 Å². The molecule has 0 N–H and O–H groups in total. The highest BCUT2D eigenvalue weighted by Gasteiger charge is 2.49. The van der Waals surface area contributed by atoms with Gasteiger partial charge in [0.05, 0.1) is 50.5 Å². The first-order valence-electron chi connectivity index (χ1n) is 12.1. The smallest absolute Gasteiger partial charge is 0.311 e. The van der Waals surface area contributed by atoms with Crippen LogP contribution in [0.15, 0.2) is 0 Å². The molecule has 4 aliphatic rings. The van der Waals surface area contributed by atoms with Crippen molar-refractivity contribution < 1.29 is 38.0 Å². The van der Waals surface area contributed by atoms with Crippen LogP contribution in [-0.4, -0.2) is 63.2 Å². The van der Waals surface area contributed by atoms with Gasteiger partial charge in [-0.15, -0.1) is 0 Å². The summed E-state index contributed by atoms with van der Waals surface area (Å²) in [6, 6.07) is 0. The molecule has 0 radical (unpaired) electrons. The maximum atomic E-state index is 11.8. The van der Waals surface area contributed by atoms with E-state index in [1.165, 1.54) is 0 Å². The van der Waals surface area contributed by atoms with Crippen molar-refractivity contribution in [2.75, 3.05) is 39.6 Å². The molecule has 0 bridgehead atoms. The van der Waals surface area contributed by atoms with Gasteiger partial charge in [0, 0.05) is 25.7 Å². The second-order valence-corrected chi connectivity index (χ2v) is 9.78. The van der Waals surface area contributed by atoms with E-state index in [0.29, 0.717) is 39.6 Å². The fraction of sp³-hybridized carbons (Fsp3) is 0.920. The van der Waals surface area contributed by atoms with Gasteiger partial charge in [0.2, 0.25) is 0 Å². The molecule has 0 aromatic carbocycles. The predicted molar refractivity (Wildman–Crippen MR) is 122 cm³/mol. The van der Waals surface area contributed by atoms with E-state index < -0.39 is 11.6 Å². The highest BCUT2D eigenvalue weighted by Crippen LogP contribution is 2.46. The maximum Gasteiger partial charge on any atom is 0.311 e. The van der Waals surface area contributed by atoms with E-state index in [0.717, 1.165) is 51.4 Å². The molecule has 33 heavy (non-hydrogen) atoms. The quantitative estimate of drug-likeness (QED) is 0.557. The Balaban J connectivity index is 0.000000227. The molecule has 0 aromatic heterocycles. The molecule has 8 nitrogen and oxygen atoms in total. The van der Waals surface area contributed by atoms with Crippen LogP contribution in [0, 0.1) is 10.8 Å². The van der Waals surface area contributed by atoms with Crippen LogP contribution >= 0.6 is 0 Å². The number of rotatable bonds is 4. The number of carbonyl (C=O) groups excluding carboxylic acids is 2. The predicted octanol–water partition coefficient (Wildman–Crippen LogP) is 4.38. The van der Waals surface area contributed by atoms with Crippen LogP contribution in [0.4, 0.5) is 0 Å². The zero-order valence-corrected chi connectivity index (χ0v) is 20.2. The molecule has 192 valence electrons. The van der Waals surface area contributed by atoms with Gasteiger partial charge in [0.1, 0.15) is 0 Å². The van der Waals surface area contributed by atoms with Gasteiger partial charge in [-0.2, -0.15) is 0 Å². The van der Waals surface area contributed by atoms with Crippen LogP contribution in [0.3, 0.4) is 0 Å². The first-order valence-corrected chi connectivity index (χ1v) is 12.1. The summed E-state index contributed by atoms with van der Waals surface area (Å²) < 4.78 is 32.8. The Bertz CT molecular complexity index is 573. The molecule has 2 aliphatic carbocycles. The topological polar surface area (TPSA) is 89.5 Å². The Kier molecular flexibility index (Phi) is 9.74. The molecule has 2 saturated carbocycles. The van der Waals surface area contributed by atoms with E-state index in [1.54, 1.807) is 0 Å². The second-order valence-electron chi connectivity index (χ2n) is 9.78. The lowest BCUT2D eigenvalue weighted by atomic mass is 9.73. The number of hydrogen-bond acceptors (Lipinski definition) is 8. The average molecular weight is 473 g/mol. The van der Waals surface area contributed by atoms with Gasteiger partial charge in [-0.3, -0.25) is 9.59 Å². The van der Waals surface area contributed by atoms with E-state index in [-0.39, 0.29) is 30.2 Å². The Morgan fingerprint density at radius 2 is 0.879 bits per heavy atom. The third-order valence-corrected chi connectivity index (χ3v) is 7.39. The van der Waals surface area contributed by atoms with E-state index in [4.69, 9.17) is 28.4 Å². The zero-order valence-electron chi connectivity index (χ0n) is 20.2. The summed E-state index contributed by atoms with van der Waals surface area (Å²) in [5.74, 6) is -0.955. The lowest BCUT2D eigenvalue weighted by molar-refractivity contribution is -0.198. The van der Waals surface area contributed by atoms with Crippen LogP contribution in [0.5, 0.6) is 0 Å². The summed E-state index contributed by atoms with van der Waals surface area (Å²) in [7, 11) is 0. The minimum absolute atomic E-state index is 0. The summed E-state index contributed by atoms with van der Waals surface area (Å²) in [5, 5.41) is 0. The normalized spacial score (nSPS) is 29.0. The molecule has 2 saturated heterocycles. The first kappa shape index (κ1) is 28.0. The zero-order chi connectivity index (χ0) is 23.3. The highest BCUT2D eigenvalue weighted by molar-refractivity contribution is 5.77. The maximum absolute atomic E-state index is 11.8. The minimum atomic E-state index is -0.397. The molecule has 0 aromatic rings. The lowest BCUT2D eigenvalue weighted by Gasteiger charge is -2.39. The Labute approximate surface area is 198 Å². The monoisotopic (exact) mass is 472 g/mol. The lowest BCUT2D eigenvalue weighted by Crippen LogP contribution is -2.42. The van der Waals surface area contributed by atoms with Gasteiger partial charge in [0.15, 0.2) is 11.6 Å². The fourth-order valence-corrected chi connectivity index (χ4v) is 4.96. The van der Waals surface area contributed by atoms with Crippen LogP contribution in [0.2, 0.25) is 0 Å². The summed E-state index contributed by atoms with van der Waals surface area (Å²) in [6.07, 6.45) is 6.31. The number of ether oxygens (including phenoxy) is 6. The third kappa shape index (κ3) is 6.47. The van der Waals surface area contributed by atoms with Gasteiger partial charge in [-0.1, -0.05) is 7.43 Å². The number of carbonyl (C=O) groups is 2. The average Bonchev–Trinajstić information content (AvgIpc) is 3.44. The largest absolute Gasteiger partial charge is 0.466 e.